The summed E-state index contributed by atoms with van der Waals surface area (Å²) in [5.41, 5.74) is 1.41. The van der Waals surface area contributed by atoms with Gasteiger partial charge in [-0.15, -0.1) is 0 Å². The molecule has 0 bridgehead atoms. The lowest BCUT2D eigenvalue weighted by molar-refractivity contribution is -0.00000465. The average Bonchev–Trinajstić information content (AvgIpc) is 2.62. The summed E-state index contributed by atoms with van der Waals surface area (Å²) < 4.78 is 0. The summed E-state index contributed by atoms with van der Waals surface area (Å²) in [7, 11) is 4.27. The van der Waals surface area contributed by atoms with Crippen LogP contribution in [0, 0.1) is 0 Å². The van der Waals surface area contributed by atoms with Crippen molar-refractivity contribution in [3.63, 3.8) is 0 Å². The third kappa shape index (κ3) is 4.62. The van der Waals surface area contributed by atoms with Crippen molar-refractivity contribution in [3.05, 3.63) is 90.5 Å². The van der Waals surface area contributed by atoms with E-state index in [9.17, 15) is 0 Å². The van der Waals surface area contributed by atoms with Crippen molar-refractivity contribution in [1.29, 1.82) is 0 Å². The van der Waals surface area contributed by atoms with E-state index in [0.29, 0.717) is 0 Å². The molecular weight excluding hydrogens is 551 g/mol. The third-order valence-electron chi connectivity index (χ3n) is 4.03. The Labute approximate surface area is 181 Å². The number of rotatable bonds is 5. The zero-order valence-corrected chi connectivity index (χ0v) is 19.6. The fraction of sp³-hybridized carbons (Fsp3) is 0.143. The SMILES string of the molecule is CN(C)Cc1ccccc1[P+](I)(c1ccccc1)c1ccccc1.[I-]. The van der Waals surface area contributed by atoms with Gasteiger partial charge in [0.15, 0.2) is 26.9 Å². The van der Waals surface area contributed by atoms with E-state index in [1.54, 1.807) is 0 Å². The van der Waals surface area contributed by atoms with E-state index in [1.165, 1.54) is 21.5 Å². The van der Waals surface area contributed by atoms with Gasteiger partial charge in [0.05, 0.1) is 0 Å². The molecule has 0 heterocycles. The second-order valence-corrected chi connectivity index (χ2v) is 13.2. The van der Waals surface area contributed by atoms with E-state index in [1.807, 2.05) is 0 Å². The van der Waals surface area contributed by atoms with Crippen LogP contribution in [0.25, 0.3) is 0 Å². The zero-order chi connectivity index (χ0) is 17.0. The van der Waals surface area contributed by atoms with E-state index in [0.717, 1.165) is 6.54 Å². The molecule has 0 amide bonds. The molecule has 0 saturated heterocycles. The molecule has 0 atom stereocenters. The van der Waals surface area contributed by atoms with Crippen molar-refractivity contribution in [2.75, 3.05) is 14.1 Å². The van der Waals surface area contributed by atoms with Crippen molar-refractivity contribution < 1.29 is 24.0 Å². The van der Waals surface area contributed by atoms with Gasteiger partial charge in [-0.2, -0.15) is 0 Å². The molecule has 0 N–H and O–H groups in total. The standard InChI is InChI=1S/C21H22INP.HI/c1-23(2)17-18-11-9-10-16-21(18)24(22,19-12-5-3-6-13-19)20-14-7-4-8-15-20;/h3-16H,17H2,1-2H3;1H/q+1;/p-1. The normalized spacial score (nSPS) is 11.2. The first-order valence-corrected chi connectivity index (χ1v) is 12.6. The highest BCUT2D eigenvalue weighted by Crippen LogP contribution is 2.63. The quantitative estimate of drug-likeness (QED) is 0.330. The highest BCUT2D eigenvalue weighted by atomic mass is 127. The molecule has 3 aromatic rings. The van der Waals surface area contributed by atoms with Crippen molar-refractivity contribution >= 4 is 42.9 Å². The highest BCUT2D eigenvalue weighted by Gasteiger charge is 2.44. The fourth-order valence-electron chi connectivity index (χ4n) is 2.98. The molecule has 130 valence electrons. The minimum atomic E-state index is -1.68. The second kappa shape index (κ2) is 9.45. The van der Waals surface area contributed by atoms with Crippen LogP contribution >= 0.6 is 26.9 Å². The number of benzene rings is 3. The van der Waals surface area contributed by atoms with Crippen LogP contribution < -0.4 is 39.9 Å². The molecule has 4 heteroatoms. The van der Waals surface area contributed by atoms with E-state index in [-0.39, 0.29) is 24.0 Å². The molecule has 0 spiro atoms. The zero-order valence-electron chi connectivity index (χ0n) is 14.4. The summed E-state index contributed by atoms with van der Waals surface area (Å²) in [6.45, 7) is 0.959. The summed E-state index contributed by atoms with van der Waals surface area (Å²) in [5.74, 6) is 0. The first-order valence-electron chi connectivity index (χ1n) is 8.05. The summed E-state index contributed by atoms with van der Waals surface area (Å²) in [5, 5.41) is 4.31. The summed E-state index contributed by atoms with van der Waals surface area (Å²) >= 11 is 2.74. The summed E-state index contributed by atoms with van der Waals surface area (Å²) in [4.78, 5) is 0.569. The summed E-state index contributed by atoms with van der Waals surface area (Å²) in [6.07, 6.45) is 0. The first kappa shape index (κ1) is 20.8. The second-order valence-electron chi connectivity index (χ2n) is 6.13. The molecule has 0 fully saturated rings. The molecule has 0 saturated carbocycles. The van der Waals surface area contributed by atoms with Crippen LogP contribution in [0.5, 0.6) is 0 Å². The third-order valence-corrected chi connectivity index (χ3v) is 12.1. The van der Waals surface area contributed by atoms with Gasteiger partial charge in [0.2, 0.25) is 0 Å². The molecule has 0 aliphatic rings. The molecule has 0 unspecified atom stereocenters. The van der Waals surface area contributed by atoms with Crippen molar-refractivity contribution in [2.45, 2.75) is 6.54 Å². The van der Waals surface area contributed by atoms with Crippen LogP contribution in [-0.4, -0.2) is 19.0 Å². The van der Waals surface area contributed by atoms with Gasteiger partial charge in [-0.3, -0.25) is 0 Å². The Bertz CT molecular complexity index is 752. The molecule has 0 radical (unpaired) electrons. The number of halogens is 2. The van der Waals surface area contributed by atoms with Crippen LogP contribution in [-0.2, 0) is 6.54 Å². The molecular formula is C21H22I2NP. The van der Waals surface area contributed by atoms with Crippen LogP contribution in [0.15, 0.2) is 84.9 Å². The number of hydrogen-bond acceptors (Lipinski definition) is 1. The highest BCUT2D eigenvalue weighted by molar-refractivity contribution is 14.2. The lowest BCUT2D eigenvalue weighted by atomic mass is 10.2. The van der Waals surface area contributed by atoms with Crippen molar-refractivity contribution in [3.8, 4) is 0 Å². The van der Waals surface area contributed by atoms with Gasteiger partial charge in [0, 0.05) is 12.1 Å². The topological polar surface area (TPSA) is 3.24 Å². The first-order chi connectivity index (χ1) is 11.6. The number of nitrogens with zero attached hydrogens (tertiary/aromatic N) is 1. The number of hydrogen-bond donors (Lipinski definition) is 0. The van der Waals surface area contributed by atoms with Crippen LogP contribution in [0.2, 0.25) is 0 Å². The predicted octanol–water partition coefficient (Wildman–Crippen LogP) is 1.40. The predicted molar refractivity (Wildman–Crippen MR) is 117 cm³/mol. The van der Waals surface area contributed by atoms with Gasteiger partial charge in [0.1, 0.15) is 15.9 Å². The van der Waals surface area contributed by atoms with Gasteiger partial charge in [-0.25, -0.2) is 0 Å². The maximum Gasteiger partial charge on any atom is 0.173 e. The molecule has 0 aliphatic heterocycles. The van der Waals surface area contributed by atoms with Gasteiger partial charge in [-0.05, 0) is 44.4 Å². The Kier molecular flexibility index (Phi) is 7.87. The summed E-state index contributed by atoms with van der Waals surface area (Å²) in [6, 6.07) is 30.8. The minimum Gasteiger partial charge on any atom is -1.00 e. The molecule has 3 aromatic carbocycles. The minimum absolute atomic E-state index is 0. The van der Waals surface area contributed by atoms with Crippen LogP contribution in [0.1, 0.15) is 5.56 Å². The largest absolute Gasteiger partial charge is 1.00 e. The van der Waals surface area contributed by atoms with Gasteiger partial charge >= 0.3 is 0 Å². The van der Waals surface area contributed by atoms with Crippen LogP contribution in [0.4, 0.5) is 0 Å². The Morgan fingerprint density at radius 3 is 1.64 bits per heavy atom. The molecule has 25 heavy (non-hydrogen) atoms. The van der Waals surface area contributed by atoms with Gasteiger partial charge in [0.25, 0.3) is 0 Å². The van der Waals surface area contributed by atoms with E-state index in [2.05, 4.69) is 126 Å². The fourth-order valence-corrected chi connectivity index (χ4v) is 9.17. The lowest BCUT2D eigenvalue weighted by Gasteiger charge is -2.23. The Balaban J connectivity index is 0.00000225. The van der Waals surface area contributed by atoms with Crippen molar-refractivity contribution in [1.82, 2.24) is 4.90 Å². The van der Waals surface area contributed by atoms with Gasteiger partial charge in [-0.1, -0.05) is 54.6 Å². The maximum atomic E-state index is 2.74. The Hall–Kier alpha value is -0.490. The molecule has 3 rings (SSSR count). The smallest absolute Gasteiger partial charge is 0.173 e. The van der Waals surface area contributed by atoms with E-state index in [4.69, 9.17) is 0 Å². The monoisotopic (exact) mass is 573 g/mol. The Morgan fingerprint density at radius 2 is 1.16 bits per heavy atom. The maximum absolute atomic E-state index is 2.74. The molecule has 0 aromatic heterocycles. The van der Waals surface area contributed by atoms with E-state index < -0.39 is 4.90 Å². The molecule has 0 aliphatic carbocycles. The average molecular weight is 573 g/mol. The lowest BCUT2D eigenvalue weighted by Crippen LogP contribution is -3.00. The van der Waals surface area contributed by atoms with Gasteiger partial charge < -0.3 is 28.9 Å². The Morgan fingerprint density at radius 1 is 0.720 bits per heavy atom. The van der Waals surface area contributed by atoms with E-state index >= 15 is 0 Å². The van der Waals surface area contributed by atoms with Crippen LogP contribution in [0.3, 0.4) is 0 Å². The van der Waals surface area contributed by atoms with Crippen molar-refractivity contribution in [2.24, 2.45) is 0 Å². The molecule has 1 nitrogen and oxygen atoms in total.